The van der Waals surface area contributed by atoms with Crippen LogP contribution in [-0.2, 0) is 11.3 Å². The van der Waals surface area contributed by atoms with Gasteiger partial charge in [-0.25, -0.2) is 9.18 Å². The summed E-state index contributed by atoms with van der Waals surface area (Å²) in [5.74, 6) is -0.252. The molecule has 0 radical (unpaired) electrons. The molecule has 2 N–H and O–H groups in total. The summed E-state index contributed by atoms with van der Waals surface area (Å²) in [7, 11) is 3.91. The number of carbonyl (C=O) groups excluding carboxylic acids is 2. The van der Waals surface area contributed by atoms with Crippen LogP contribution in [-0.4, -0.2) is 37.0 Å². The third kappa shape index (κ3) is 6.46. The van der Waals surface area contributed by atoms with Crippen LogP contribution in [0.4, 0.5) is 26.2 Å². The van der Waals surface area contributed by atoms with E-state index in [0.717, 1.165) is 49.0 Å². The molecule has 2 aromatic rings. The molecule has 1 unspecified atom stereocenters. The molecule has 0 saturated heterocycles. The van der Waals surface area contributed by atoms with Crippen LogP contribution in [0.1, 0.15) is 51.5 Å². The molecule has 0 heterocycles. The zero-order valence-corrected chi connectivity index (χ0v) is 20.0. The average molecular weight is 455 g/mol. The van der Waals surface area contributed by atoms with Gasteiger partial charge in [0.05, 0.1) is 0 Å². The number of hydrogen-bond donors (Lipinski definition) is 2. The zero-order chi connectivity index (χ0) is 24.0. The third-order valence-corrected chi connectivity index (χ3v) is 6.36. The predicted molar refractivity (Wildman–Crippen MR) is 132 cm³/mol. The number of nitrogens with one attached hydrogen (secondary N) is 2. The normalized spacial score (nSPS) is 14.6. The van der Waals surface area contributed by atoms with E-state index < -0.39 is 5.82 Å². The molecule has 1 saturated carbocycles. The number of carbonyl (C=O) groups is 2. The van der Waals surface area contributed by atoms with Gasteiger partial charge in [0.15, 0.2) is 0 Å². The van der Waals surface area contributed by atoms with E-state index in [2.05, 4.69) is 10.6 Å². The smallest absolute Gasteiger partial charge is 0.322 e. The highest BCUT2D eigenvalue weighted by Gasteiger charge is 2.24. The largest absolute Gasteiger partial charge is 0.377 e. The van der Waals surface area contributed by atoms with Crippen molar-refractivity contribution >= 4 is 29.0 Å². The summed E-state index contributed by atoms with van der Waals surface area (Å²) in [5, 5.41) is 5.88. The van der Waals surface area contributed by atoms with E-state index in [1.807, 2.05) is 51.0 Å². The number of amides is 3. The van der Waals surface area contributed by atoms with Crippen LogP contribution in [0.3, 0.4) is 0 Å². The Morgan fingerprint density at radius 1 is 1.06 bits per heavy atom. The Balaban J connectivity index is 1.83. The number of rotatable bonds is 8. The molecule has 0 spiro atoms. The molecule has 0 aliphatic heterocycles. The number of hydrogen-bond acceptors (Lipinski definition) is 3. The topological polar surface area (TPSA) is 64.7 Å². The number of urea groups is 1. The van der Waals surface area contributed by atoms with E-state index in [-0.39, 0.29) is 23.9 Å². The van der Waals surface area contributed by atoms with Crippen LogP contribution in [0.2, 0.25) is 0 Å². The fourth-order valence-corrected chi connectivity index (χ4v) is 4.25. The molecule has 6 nitrogen and oxygen atoms in total. The van der Waals surface area contributed by atoms with Gasteiger partial charge in [-0.1, -0.05) is 25.8 Å². The van der Waals surface area contributed by atoms with E-state index in [0.29, 0.717) is 12.2 Å². The standard InChI is InChI=1S/C26H35FN4O2/c1-5-18(2)31(26(33)29-22-12-8-11-21(27)16-22)17-20-15-23(13-14-24(20)30(3)4)28-25(32)19-9-6-7-10-19/h8,11-16,18-19H,5-7,9-10,17H2,1-4H3,(H,28,32)(H,29,33). The van der Waals surface area contributed by atoms with Crippen LogP contribution in [0.15, 0.2) is 42.5 Å². The summed E-state index contributed by atoms with van der Waals surface area (Å²) in [6, 6.07) is 11.4. The van der Waals surface area contributed by atoms with Gasteiger partial charge < -0.3 is 20.4 Å². The predicted octanol–water partition coefficient (Wildman–Crippen LogP) is 5.85. The lowest BCUT2D eigenvalue weighted by atomic mass is 10.1. The van der Waals surface area contributed by atoms with E-state index in [4.69, 9.17) is 0 Å². The first-order valence-electron chi connectivity index (χ1n) is 11.7. The summed E-state index contributed by atoms with van der Waals surface area (Å²) in [6.07, 6.45) is 4.86. The number of halogens is 1. The van der Waals surface area contributed by atoms with Crippen molar-refractivity contribution in [3.63, 3.8) is 0 Å². The van der Waals surface area contributed by atoms with E-state index in [1.165, 1.54) is 12.1 Å². The van der Waals surface area contributed by atoms with Gasteiger partial charge in [-0.05, 0) is 68.1 Å². The van der Waals surface area contributed by atoms with Gasteiger partial charge in [0.25, 0.3) is 0 Å². The third-order valence-electron chi connectivity index (χ3n) is 6.36. The van der Waals surface area contributed by atoms with E-state index in [9.17, 15) is 14.0 Å². The molecular weight excluding hydrogens is 419 g/mol. The van der Waals surface area contributed by atoms with Crippen molar-refractivity contribution in [3.8, 4) is 0 Å². The van der Waals surface area contributed by atoms with E-state index in [1.54, 1.807) is 17.0 Å². The lowest BCUT2D eigenvalue weighted by Gasteiger charge is -2.31. The lowest BCUT2D eigenvalue weighted by molar-refractivity contribution is -0.119. The zero-order valence-electron chi connectivity index (χ0n) is 20.0. The van der Waals surface area contributed by atoms with Gasteiger partial charge in [-0.2, -0.15) is 0 Å². The van der Waals surface area contributed by atoms with Crippen LogP contribution < -0.4 is 15.5 Å². The summed E-state index contributed by atoms with van der Waals surface area (Å²) in [5.41, 5.74) is 3.06. The summed E-state index contributed by atoms with van der Waals surface area (Å²) in [6.45, 7) is 4.38. The molecule has 1 atom stereocenters. The molecule has 1 aliphatic carbocycles. The van der Waals surface area contributed by atoms with Crippen molar-refractivity contribution < 1.29 is 14.0 Å². The second kappa shape index (κ2) is 11.2. The second-order valence-electron chi connectivity index (χ2n) is 9.03. The second-order valence-corrected chi connectivity index (χ2v) is 9.03. The van der Waals surface area contributed by atoms with Gasteiger partial charge in [0.1, 0.15) is 5.82 Å². The molecule has 1 fully saturated rings. The minimum absolute atomic E-state index is 0.0368. The van der Waals surface area contributed by atoms with Crippen molar-refractivity contribution in [2.45, 2.75) is 58.5 Å². The summed E-state index contributed by atoms with van der Waals surface area (Å²) < 4.78 is 13.6. The highest BCUT2D eigenvalue weighted by atomic mass is 19.1. The Kier molecular flexibility index (Phi) is 8.31. The van der Waals surface area contributed by atoms with Crippen LogP contribution in [0.25, 0.3) is 0 Å². The highest BCUT2D eigenvalue weighted by molar-refractivity contribution is 5.93. The van der Waals surface area contributed by atoms with Crippen LogP contribution in [0.5, 0.6) is 0 Å². The molecule has 178 valence electrons. The quantitative estimate of drug-likeness (QED) is 0.526. The molecule has 7 heteroatoms. The number of nitrogens with zero attached hydrogens (tertiary/aromatic N) is 2. The average Bonchev–Trinajstić information content (AvgIpc) is 3.32. The van der Waals surface area contributed by atoms with Gasteiger partial charge in [0.2, 0.25) is 5.91 Å². The maximum atomic E-state index is 13.6. The fraction of sp³-hybridized carbons (Fsp3) is 0.462. The maximum Gasteiger partial charge on any atom is 0.322 e. The Morgan fingerprint density at radius 3 is 2.39 bits per heavy atom. The number of anilines is 3. The van der Waals surface area contributed by atoms with Crippen molar-refractivity contribution in [2.75, 3.05) is 29.6 Å². The first kappa shape index (κ1) is 24.6. The first-order valence-corrected chi connectivity index (χ1v) is 11.7. The van der Waals surface area contributed by atoms with Gasteiger partial charge in [0, 0.05) is 49.7 Å². The first-order chi connectivity index (χ1) is 15.8. The van der Waals surface area contributed by atoms with Crippen LogP contribution >= 0.6 is 0 Å². The Bertz CT molecular complexity index is 973. The lowest BCUT2D eigenvalue weighted by Crippen LogP contribution is -2.41. The highest BCUT2D eigenvalue weighted by Crippen LogP contribution is 2.29. The minimum Gasteiger partial charge on any atom is -0.377 e. The van der Waals surface area contributed by atoms with Gasteiger partial charge >= 0.3 is 6.03 Å². The molecule has 0 bridgehead atoms. The van der Waals surface area contributed by atoms with Crippen molar-refractivity contribution in [2.24, 2.45) is 5.92 Å². The molecule has 3 rings (SSSR count). The fourth-order valence-electron chi connectivity index (χ4n) is 4.25. The van der Waals surface area contributed by atoms with Crippen molar-refractivity contribution in [1.29, 1.82) is 0 Å². The van der Waals surface area contributed by atoms with Gasteiger partial charge in [-0.15, -0.1) is 0 Å². The SMILES string of the molecule is CCC(C)N(Cc1cc(NC(=O)C2CCCC2)ccc1N(C)C)C(=O)Nc1cccc(F)c1. The molecule has 3 amide bonds. The Labute approximate surface area is 196 Å². The number of benzene rings is 2. The molecule has 2 aromatic carbocycles. The Hall–Kier alpha value is -3.09. The molecular formula is C26H35FN4O2. The summed E-state index contributed by atoms with van der Waals surface area (Å²) >= 11 is 0. The monoisotopic (exact) mass is 454 g/mol. The Morgan fingerprint density at radius 2 is 1.76 bits per heavy atom. The van der Waals surface area contributed by atoms with Gasteiger partial charge in [-0.3, -0.25) is 4.79 Å². The van der Waals surface area contributed by atoms with E-state index >= 15 is 0 Å². The molecule has 1 aliphatic rings. The van der Waals surface area contributed by atoms with Crippen LogP contribution in [0, 0.1) is 11.7 Å². The minimum atomic E-state index is -0.400. The van der Waals surface area contributed by atoms with Crippen molar-refractivity contribution in [3.05, 3.63) is 53.8 Å². The summed E-state index contributed by atoms with van der Waals surface area (Å²) in [4.78, 5) is 29.5. The van der Waals surface area contributed by atoms with Crippen molar-refractivity contribution in [1.82, 2.24) is 4.90 Å². The molecule has 33 heavy (non-hydrogen) atoms. The molecule has 0 aromatic heterocycles. The maximum absolute atomic E-state index is 13.6.